The molecule has 0 aliphatic rings. The fraction of sp³-hybridized carbons (Fsp3) is 0.200. The lowest BCUT2D eigenvalue weighted by Gasteiger charge is -2.14. The van der Waals surface area contributed by atoms with Gasteiger partial charge in [-0.3, -0.25) is 14.0 Å². The summed E-state index contributed by atoms with van der Waals surface area (Å²) in [5, 5.41) is 5.27. The molecule has 0 aliphatic heterocycles. The number of fused-ring (bicyclic) bond motifs is 2. The maximum absolute atomic E-state index is 13.8. The van der Waals surface area contributed by atoms with Gasteiger partial charge in [-0.1, -0.05) is 6.07 Å². The summed E-state index contributed by atoms with van der Waals surface area (Å²) >= 11 is 0. The molecule has 0 bridgehead atoms. The molecule has 0 atom stereocenters. The first-order valence-electron chi connectivity index (χ1n) is 11.9. The van der Waals surface area contributed by atoms with Gasteiger partial charge in [0.2, 0.25) is 5.88 Å². The molecule has 0 amide bonds. The normalized spacial score (nSPS) is 13.2. The van der Waals surface area contributed by atoms with Gasteiger partial charge < -0.3 is 9.47 Å². The lowest BCUT2D eigenvalue weighted by atomic mass is 10.1. The van der Waals surface area contributed by atoms with Crippen molar-refractivity contribution in [3.8, 4) is 28.6 Å². The average molecular weight is 445 g/mol. The van der Waals surface area contributed by atoms with E-state index in [0.29, 0.717) is 28.3 Å². The van der Waals surface area contributed by atoms with Crippen molar-refractivity contribution in [1.29, 1.82) is 0 Å². The van der Waals surface area contributed by atoms with Crippen molar-refractivity contribution in [2.75, 3.05) is 7.04 Å². The fourth-order valence-electron chi connectivity index (χ4n) is 3.74. The number of benzene rings is 2. The molecule has 33 heavy (non-hydrogen) atoms. The summed E-state index contributed by atoms with van der Waals surface area (Å²) in [6, 6.07) is 15.2. The molecule has 0 N–H and O–H groups in total. The second kappa shape index (κ2) is 8.05. The van der Waals surface area contributed by atoms with E-state index in [1.165, 1.54) is 16.7 Å². The number of pyridine rings is 1. The molecule has 2 aromatic carbocycles. The summed E-state index contributed by atoms with van der Waals surface area (Å²) in [6.45, 7) is 3.77. The Kier molecular flexibility index (Phi) is 4.24. The maximum Gasteiger partial charge on any atom is 0.283 e. The number of aromatic nitrogens is 5. The molecule has 0 saturated heterocycles. The zero-order chi connectivity index (χ0) is 25.6. The Hall–Kier alpha value is -4.20. The smallest absolute Gasteiger partial charge is 0.283 e. The zero-order valence-electron chi connectivity index (χ0n) is 21.3. The third kappa shape index (κ3) is 3.80. The van der Waals surface area contributed by atoms with Gasteiger partial charge in [-0.05, 0) is 56.3 Å². The fourth-order valence-corrected chi connectivity index (χ4v) is 3.74. The van der Waals surface area contributed by atoms with Crippen LogP contribution in [0.4, 0.5) is 0 Å². The first-order valence-corrected chi connectivity index (χ1v) is 10.4. The minimum Gasteiger partial charge on any atom is -0.497 e. The SMILES string of the molecule is [2H]C([2H])([2H])Oc1ccc(-n2c(=O)c(-c3ccc4nn(C)cc4c3)nc3ccc(OC(C)C)nc32)cc1. The number of nitrogens with zero attached hydrogens (tertiary/aromatic N) is 5. The lowest BCUT2D eigenvalue weighted by Crippen LogP contribution is -2.23. The molecule has 0 spiro atoms. The highest BCUT2D eigenvalue weighted by molar-refractivity contribution is 5.85. The molecular formula is C25H23N5O3. The van der Waals surface area contributed by atoms with Gasteiger partial charge in [0, 0.05) is 30.3 Å². The summed E-state index contributed by atoms with van der Waals surface area (Å²) in [5.41, 5.74) is 2.59. The van der Waals surface area contributed by atoms with Gasteiger partial charge in [-0.15, -0.1) is 0 Å². The number of aryl methyl sites for hydroxylation is 1. The van der Waals surface area contributed by atoms with E-state index >= 15 is 0 Å². The summed E-state index contributed by atoms with van der Waals surface area (Å²) in [4.78, 5) is 23.1. The van der Waals surface area contributed by atoms with Crippen molar-refractivity contribution in [1.82, 2.24) is 24.3 Å². The van der Waals surface area contributed by atoms with Crippen molar-refractivity contribution >= 4 is 22.1 Å². The van der Waals surface area contributed by atoms with E-state index in [4.69, 9.17) is 13.6 Å². The summed E-state index contributed by atoms with van der Waals surface area (Å²) in [6.07, 6.45) is 1.77. The average Bonchev–Trinajstić information content (AvgIpc) is 3.17. The van der Waals surface area contributed by atoms with Gasteiger partial charge in [0.1, 0.15) is 17.0 Å². The van der Waals surface area contributed by atoms with Crippen LogP contribution in [0.25, 0.3) is 39.0 Å². The van der Waals surface area contributed by atoms with Gasteiger partial charge in [-0.25, -0.2) is 4.98 Å². The molecule has 5 aromatic rings. The van der Waals surface area contributed by atoms with E-state index in [1.54, 1.807) is 28.9 Å². The Morgan fingerprint density at radius 3 is 2.55 bits per heavy atom. The van der Waals surface area contributed by atoms with E-state index in [-0.39, 0.29) is 23.1 Å². The van der Waals surface area contributed by atoms with Crippen LogP contribution in [0.1, 0.15) is 18.0 Å². The number of methoxy groups -OCH3 is 1. The van der Waals surface area contributed by atoms with Crippen molar-refractivity contribution in [2.24, 2.45) is 7.05 Å². The summed E-state index contributed by atoms with van der Waals surface area (Å²) in [5.74, 6) is 0.517. The van der Waals surface area contributed by atoms with Crippen LogP contribution in [0.3, 0.4) is 0 Å². The third-order valence-corrected chi connectivity index (χ3v) is 5.14. The highest BCUT2D eigenvalue weighted by Gasteiger charge is 2.17. The van der Waals surface area contributed by atoms with Crippen LogP contribution in [-0.4, -0.2) is 37.5 Å². The molecule has 3 aromatic heterocycles. The molecule has 0 aliphatic carbocycles. The summed E-state index contributed by atoms with van der Waals surface area (Å²) in [7, 11) is -0.743. The predicted octanol–water partition coefficient (Wildman–Crippen LogP) is 4.13. The van der Waals surface area contributed by atoms with Gasteiger partial charge >= 0.3 is 0 Å². The van der Waals surface area contributed by atoms with Crippen molar-refractivity contribution in [3.63, 3.8) is 0 Å². The van der Waals surface area contributed by atoms with Crippen LogP contribution in [-0.2, 0) is 7.05 Å². The predicted molar refractivity (Wildman–Crippen MR) is 127 cm³/mol. The Labute approximate surface area is 194 Å². The molecule has 5 rings (SSSR count). The largest absolute Gasteiger partial charge is 0.497 e. The second-order valence-corrected chi connectivity index (χ2v) is 7.93. The third-order valence-electron chi connectivity index (χ3n) is 5.14. The number of ether oxygens (including phenoxy) is 2. The lowest BCUT2D eigenvalue weighted by molar-refractivity contribution is 0.233. The molecular weight excluding hydrogens is 418 g/mol. The highest BCUT2D eigenvalue weighted by atomic mass is 16.5. The number of hydrogen-bond donors (Lipinski definition) is 0. The number of hydrogen-bond acceptors (Lipinski definition) is 6. The van der Waals surface area contributed by atoms with Crippen LogP contribution in [0.5, 0.6) is 11.6 Å². The topological polar surface area (TPSA) is 84.1 Å². The zero-order valence-corrected chi connectivity index (χ0v) is 18.3. The van der Waals surface area contributed by atoms with Gasteiger partial charge in [0.15, 0.2) is 5.65 Å². The maximum atomic E-state index is 13.8. The molecule has 3 heterocycles. The Balaban J connectivity index is 1.72. The van der Waals surface area contributed by atoms with E-state index < -0.39 is 7.04 Å². The molecule has 8 nitrogen and oxygen atoms in total. The van der Waals surface area contributed by atoms with Crippen LogP contribution in [0.15, 0.2) is 65.6 Å². The molecule has 0 saturated carbocycles. The Bertz CT molecular complexity index is 1640. The van der Waals surface area contributed by atoms with Crippen molar-refractivity contribution in [3.05, 3.63) is 71.1 Å². The van der Waals surface area contributed by atoms with E-state index in [1.807, 2.05) is 45.3 Å². The number of rotatable bonds is 5. The minimum atomic E-state index is -2.58. The molecule has 8 heteroatoms. The standard InChI is InChI=1S/C25H23N5O3/c1-15(2)33-22-12-11-21-24(27-22)30(18-6-8-19(32-4)9-7-18)25(31)23(26-21)16-5-10-20-17(13-16)14-29(3)28-20/h5-15H,1-4H3/i4D3. The van der Waals surface area contributed by atoms with Gasteiger partial charge in [0.25, 0.3) is 5.56 Å². The van der Waals surface area contributed by atoms with Crippen LogP contribution in [0, 0.1) is 0 Å². The van der Waals surface area contributed by atoms with Crippen LogP contribution < -0.4 is 15.0 Å². The first-order chi connectivity index (χ1) is 17.1. The molecule has 0 radical (unpaired) electrons. The Morgan fingerprint density at radius 1 is 1.00 bits per heavy atom. The monoisotopic (exact) mass is 444 g/mol. The highest BCUT2D eigenvalue weighted by Crippen LogP contribution is 2.25. The minimum absolute atomic E-state index is 0.107. The molecule has 0 unspecified atom stereocenters. The van der Waals surface area contributed by atoms with Crippen molar-refractivity contribution in [2.45, 2.75) is 20.0 Å². The van der Waals surface area contributed by atoms with E-state index in [9.17, 15) is 4.79 Å². The molecule has 0 fully saturated rings. The first kappa shape index (κ1) is 17.4. The van der Waals surface area contributed by atoms with Gasteiger partial charge in [-0.2, -0.15) is 10.1 Å². The second-order valence-electron chi connectivity index (χ2n) is 7.93. The quantitative estimate of drug-likeness (QED) is 0.405. The van der Waals surface area contributed by atoms with E-state index in [0.717, 1.165) is 10.9 Å². The van der Waals surface area contributed by atoms with Gasteiger partial charge in [0.05, 0.1) is 28.5 Å². The van der Waals surface area contributed by atoms with E-state index in [2.05, 4.69) is 15.1 Å². The van der Waals surface area contributed by atoms with Crippen LogP contribution >= 0.6 is 0 Å². The molecule has 166 valence electrons. The summed E-state index contributed by atoms with van der Waals surface area (Å²) < 4.78 is 35.8. The van der Waals surface area contributed by atoms with Crippen LogP contribution in [0.2, 0.25) is 0 Å². The Morgan fingerprint density at radius 2 is 1.79 bits per heavy atom. The van der Waals surface area contributed by atoms with Crippen molar-refractivity contribution < 1.29 is 13.6 Å².